The zero-order valence-electron chi connectivity index (χ0n) is 17.5. The topological polar surface area (TPSA) is 50.2 Å². The molecular formula is C27H21ClFNO2. The Morgan fingerprint density at radius 1 is 1.19 bits per heavy atom. The molecule has 1 aromatic heterocycles. The summed E-state index contributed by atoms with van der Waals surface area (Å²) in [7, 11) is 0. The first kappa shape index (κ1) is 21.7. The van der Waals surface area contributed by atoms with Gasteiger partial charge in [-0.25, -0.2) is 9.18 Å². The molecule has 0 saturated carbocycles. The number of fused-ring (bicyclic) bond motifs is 1. The lowest BCUT2D eigenvalue weighted by molar-refractivity contribution is -0.131. The Labute approximate surface area is 191 Å². The molecule has 0 bridgehead atoms. The lowest BCUT2D eigenvalue weighted by Crippen LogP contribution is -1.98. The van der Waals surface area contributed by atoms with Gasteiger partial charge in [0, 0.05) is 18.5 Å². The summed E-state index contributed by atoms with van der Waals surface area (Å²) >= 11 is 6.46. The number of aromatic nitrogens is 1. The van der Waals surface area contributed by atoms with Crippen LogP contribution < -0.4 is 0 Å². The van der Waals surface area contributed by atoms with Crippen LogP contribution in [0, 0.1) is 5.82 Å². The fourth-order valence-electron chi connectivity index (χ4n) is 4.05. The van der Waals surface area contributed by atoms with Gasteiger partial charge in [-0.2, -0.15) is 0 Å². The molecule has 1 heterocycles. The fourth-order valence-corrected chi connectivity index (χ4v) is 4.33. The van der Waals surface area contributed by atoms with Crippen molar-refractivity contribution in [1.82, 2.24) is 4.98 Å². The molecule has 5 heteroatoms. The van der Waals surface area contributed by atoms with Crippen molar-refractivity contribution < 1.29 is 14.3 Å². The first-order valence-electron chi connectivity index (χ1n) is 10.3. The van der Waals surface area contributed by atoms with E-state index in [1.165, 1.54) is 17.7 Å². The van der Waals surface area contributed by atoms with Gasteiger partial charge in [-0.05, 0) is 87.7 Å². The molecule has 0 spiro atoms. The molecule has 0 amide bonds. The first-order valence-corrected chi connectivity index (χ1v) is 10.7. The van der Waals surface area contributed by atoms with Crippen LogP contribution in [0.2, 0.25) is 5.02 Å². The van der Waals surface area contributed by atoms with Crippen molar-refractivity contribution >= 4 is 40.9 Å². The van der Waals surface area contributed by atoms with Crippen LogP contribution in [0.5, 0.6) is 0 Å². The van der Waals surface area contributed by atoms with Crippen LogP contribution in [-0.2, 0) is 11.2 Å². The predicted octanol–water partition coefficient (Wildman–Crippen LogP) is 6.93. The Bertz CT molecular complexity index is 1270. The van der Waals surface area contributed by atoms with E-state index in [9.17, 15) is 9.18 Å². The summed E-state index contributed by atoms with van der Waals surface area (Å²) in [4.78, 5) is 15.1. The van der Waals surface area contributed by atoms with Crippen molar-refractivity contribution in [2.24, 2.45) is 0 Å². The number of hydrogen-bond acceptors (Lipinski definition) is 2. The average molecular weight is 446 g/mol. The van der Waals surface area contributed by atoms with Gasteiger partial charge in [0.25, 0.3) is 0 Å². The van der Waals surface area contributed by atoms with Crippen LogP contribution in [0.1, 0.15) is 41.2 Å². The van der Waals surface area contributed by atoms with Crippen LogP contribution in [0.3, 0.4) is 0 Å². The van der Waals surface area contributed by atoms with E-state index in [1.54, 1.807) is 18.3 Å². The van der Waals surface area contributed by atoms with Crippen LogP contribution in [0.4, 0.5) is 4.39 Å². The Hall–Kier alpha value is -3.50. The average Bonchev–Trinajstić information content (AvgIpc) is 3.20. The predicted molar refractivity (Wildman–Crippen MR) is 128 cm³/mol. The summed E-state index contributed by atoms with van der Waals surface area (Å²) in [6.45, 7) is 2.06. The normalized spacial score (nSPS) is 13.7. The molecule has 3 nitrogen and oxygen atoms in total. The number of rotatable bonds is 6. The van der Waals surface area contributed by atoms with Crippen LogP contribution in [0.15, 0.2) is 72.6 Å². The number of pyridine rings is 1. The second-order valence-corrected chi connectivity index (χ2v) is 7.95. The number of aliphatic carboxylic acids is 1. The Morgan fingerprint density at radius 3 is 2.62 bits per heavy atom. The number of nitrogens with zero attached hydrogens (tertiary/aromatic N) is 1. The van der Waals surface area contributed by atoms with Gasteiger partial charge >= 0.3 is 5.97 Å². The smallest absolute Gasteiger partial charge is 0.328 e. The number of carboxylic acids is 1. The fraction of sp³-hybridized carbons (Fsp3) is 0.111. The molecule has 0 radical (unpaired) electrons. The summed E-state index contributed by atoms with van der Waals surface area (Å²) in [5.74, 6) is -1.36. The lowest BCUT2D eigenvalue weighted by atomic mass is 9.87. The highest BCUT2D eigenvalue weighted by Gasteiger charge is 2.21. The van der Waals surface area contributed by atoms with Crippen molar-refractivity contribution in [1.29, 1.82) is 0 Å². The molecule has 2 aromatic carbocycles. The molecular weight excluding hydrogens is 425 g/mol. The van der Waals surface area contributed by atoms with Crippen LogP contribution in [-0.4, -0.2) is 16.1 Å². The second-order valence-electron chi connectivity index (χ2n) is 7.55. The number of hydrogen-bond donors (Lipinski definition) is 1. The standard InChI is InChI=1S/C27H21ClFNO2/c1-2-23(24-9-8-22(29)15-25(24)28)27(20-13-19-11-12-30-16-21(19)14-20)18-6-3-17(4-7-18)5-10-26(31)32/h3-12,14-16H,2,13H2,1H3,(H,31,32)/b10-5+,27-23+. The summed E-state index contributed by atoms with van der Waals surface area (Å²) < 4.78 is 13.7. The quantitative estimate of drug-likeness (QED) is 0.330. The summed E-state index contributed by atoms with van der Waals surface area (Å²) in [6.07, 6.45) is 9.93. The molecule has 0 saturated heterocycles. The van der Waals surface area contributed by atoms with Gasteiger partial charge in [0.2, 0.25) is 0 Å². The van der Waals surface area contributed by atoms with E-state index in [0.29, 0.717) is 11.4 Å². The molecule has 4 rings (SSSR count). The van der Waals surface area contributed by atoms with Gasteiger partial charge in [0.05, 0.1) is 5.02 Å². The molecule has 1 aliphatic rings. The highest BCUT2D eigenvalue weighted by Crippen LogP contribution is 2.41. The maximum Gasteiger partial charge on any atom is 0.328 e. The van der Waals surface area contributed by atoms with Gasteiger partial charge in [0.15, 0.2) is 0 Å². The maximum absolute atomic E-state index is 13.7. The molecule has 160 valence electrons. The minimum absolute atomic E-state index is 0.371. The van der Waals surface area contributed by atoms with Crippen molar-refractivity contribution in [3.8, 4) is 0 Å². The highest BCUT2D eigenvalue weighted by atomic mass is 35.5. The van der Waals surface area contributed by atoms with E-state index in [-0.39, 0.29) is 5.82 Å². The molecule has 0 aliphatic heterocycles. The van der Waals surface area contributed by atoms with E-state index in [4.69, 9.17) is 16.7 Å². The van der Waals surface area contributed by atoms with Crippen molar-refractivity contribution in [3.63, 3.8) is 0 Å². The monoisotopic (exact) mass is 445 g/mol. The molecule has 3 aromatic rings. The van der Waals surface area contributed by atoms with E-state index in [2.05, 4.69) is 18.0 Å². The van der Waals surface area contributed by atoms with Crippen molar-refractivity contribution in [2.75, 3.05) is 0 Å². The SMILES string of the molecule is CC/C(=C(\C1=Cc2cnccc2C1)c1ccc(/C=C/C(=O)O)cc1)c1ccc(F)cc1Cl. The largest absolute Gasteiger partial charge is 0.478 e. The summed E-state index contributed by atoms with van der Waals surface area (Å²) in [5, 5.41) is 9.25. The Morgan fingerprint density at radius 2 is 1.97 bits per heavy atom. The zero-order chi connectivity index (χ0) is 22.7. The molecule has 0 fully saturated rings. The number of allylic oxidation sites excluding steroid dienone is 3. The molecule has 1 aliphatic carbocycles. The number of carboxylic acid groups (broad SMARTS) is 1. The molecule has 1 N–H and O–H groups in total. The van der Waals surface area contributed by atoms with Gasteiger partial charge in [-0.15, -0.1) is 0 Å². The third-order valence-corrected chi connectivity index (χ3v) is 5.82. The van der Waals surface area contributed by atoms with E-state index >= 15 is 0 Å². The van der Waals surface area contributed by atoms with Crippen LogP contribution in [0.25, 0.3) is 23.3 Å². The van der Waals surface area contributed by atoms with Crippen LogP contribution >= 0.6 is 11.6 Å². The Kier molecular flexibility index (Phi) is 6.33. The highest BCUT2D eigenvalue weighted by molar-refractivity contribution is 6.32. The van der Waals surface area contributed by atoms with Gasteiger partial charge < -0.3 is 5.11 Å². The number of benzene rings is 2. The Balaban J connectivity index is 1.87. The third-order valence-electron chi connectivity index (χ3n) is 5.51. The minimum Gasteiger partial charge on any atom is -0.478 e. The van der Waals surface area contributed by atoms with Gasteiger partial charge in [-0.1, -0.05) is 48.9 Å². The van der Waals surface area contributed by atoms with Gasteiger partial charge in [0.1, 0.15) is 5.82 Å². The molecule has 0 unspecified atom stereocenters. The molecule has 0 atom stereocenters. The van der Waals surface area contributed by atoms with E-state index in [0.717, 1.165) is 51.5 Å². The minimum atomic E-state index is -0.989. The number of halogens is 2. The summed E-state index contributed by atoms with van der Waals surface area (Å²) in [5.41, 5.74) is 8.08. The van der Waals surface area contributed by atoms with E-state index in [1.807, 2.05) is 36.5 Å². The first-order chi connectivity index (χ1) is 15.5. The second kappa shape index (κ2) is 9.33. The lowest BCUT2D eigenvalue weighted by Gasteiger charge is -2.18. The summed E-state index contributed by atoms with van der Waals surface area (Å²) in [6, 6.07) is 14.2. The van der Waals surface area contributed by atoms with Crippen molar-refractivity contribution in [3.05, 3.63) is 111 Å². The zero-order valence-corrected chi connectivity index (χ0v) is 18.2. The maximum atomic E-state index is 13.7. The van der Waals surface area contributed by atoms with Gasteiger partial charge in [-0.3, -0.25) is 4.98 Å². The number of carbonyl (C=O) groups is 1. The third kappa shape index (κ3) is 4.56. The van der Waals surface area contributed by atoms with E-state index < -0.39 is 5.97 Å². The van der Waals surface area contributed by atoms with Crippen molar-refractivity contribution in [2.45, 2.75) is 19.8 Å². The molecule has 32 heavy (non-hydrogen) atoms.